The lowest BCUT2D eigenvalue weighted by molar-refractivity contribution is 0.119. The normalized spacial score (nSPS) is 18.7. The van der Waals surface area contributed by atoms with Gasteiger partial charge in [-0.15, -0.1) is 0 Å². The summed E-state index contributed by atoms with van der Waals surface area (Å²) in [7, 11) is -3.57. The number of hydrogen-bond acceptors (Lipinski definition) is 5. The van der Waals surface area contributed by atoms with Crippen LogP contribution in [-0.2, 0) is 10.0 Å². The number of rotatable bonds is 4. The van der Waals surface area contributed by atoms with E-state index in [4.69, 9.17) is 4.74 Å². The summed E-state index contributed by atoms with van der Waals surface area (Å²) in [6, 6.07) is 4.08. The molecule has 0 radical (unpaired) electrons. The fourth-order valence-corrected chi connectivity index (χ4v) is 5.56. The van der Waals surface area contributed by atoms with Gasteiger partial charge in [-0.2, -0.15) is 4.31 Å². The number of aromatic nitrogens is 2. The number of piperidine rings is 1. The van der Waals surface area contributed by atoms with Crippen molar-refractivity contribution in [2.24, 2.45) is 0 Å². The summed E-state index contributed by atoms with van der Waals surface area (Å²) in [5.41, 5.74) is 2.62. The highest BCUT2D eigenvalue weighted by molar-refractivity contribution is 9.10. The second kappa shape index (κ2) is 7.62. The van der Waals surface area contributed by atoms with E-state index < -0.39 is 10.0 Å². The lowest BCUT2D eigenvalue weighted by atomic mass is 10.1. The molecule has 2 aromatic rings. The third kappa shape index (κ3) is 4.07. The van der Waals surface area contributed by atoms with E-state index in [9.17, 15) is 8.42 Å². The maximum atomic E-state index is 13.2. The molecule has 2 heterocycles. The molecule has 0 spiro atoms. The van der Waals surface area contributed by atoms with Crippen LogP contribution < -0.4 is 4.74 Å². The van der Waals surface area contributed by atoms with Gasteiger partial charge in [0.25, 0.3) is 0 Å². The molecule has 0 aliphatic carbocycles. The second-order valence-electron chi connectivity index (χ2n) is 6.66. The summed E-state index contributed by atoms with van der Waals surface area (Å²) < 4.78 is 34.5. The Hall–Kier alpha value is -1.51. The summed E-state index contributed by atoms with van der Waals surface area (Å²) in [5, 5.41) is 0. The highest BCUT2D eigenvalue weighted by Gasteiger charge is 2.33. The number of halogens is 1. The molecule has 0 bridgehead atoms. The topological polar surface area (TPSA) is 72.4 Å². The van der Waals surface area contributed by atoms with Gasteiger partial charge in [-0.05, 0) is 60.7 Å². The standard InChI is InChI=1S/C18H22BrN3O3S/c1-12-7-13(2)17(14(3)8-12)26(23,24)22-6-4-5-16(11-22)25-18-20-9-15(19)10-21-18/h7-10,16H,4-6,11H2,1-3H3. The monoisotopic (exact) mass is 439 g/mol. The summed E-state index contributed by atoms with van der Waals surface area (Å²) in [6.45, 7) is 6.46. The average molecular weight is 440 g/mol. The first-order chi connectivity index (χ1) is 12.3. The molecule has 3 rings (SSSR count). The molecular weight excluding hydrogens is 418 g/mol. The Morgan fingerprint density at radius 1 is 1.15 bits per heavy atom. The maximum Gasteiger partial charge on any atom is 0.316 e. The van der Waals surface area contributed by atoms with E-state index in [1.54, 1.807) is 12.4 Å². The summed E-state index contributed by atoms with van der Waals surface area (Å²) in [6.07, 6.45) is 4.48. The van der Waals surface area contributed by atoms with Crippen LogP contribution in [0.1, 0.15) is 29.5 Å². The average Bonchev–Trinajstić information content (AvgIpc) is 2.56. The van der Waals surface area contributed by atoms with Crippen LogP contribution in [0, 0.1) is 20.8 Å². The lowest BCUT2D eigenvalue weighted by Crippen LogP contribution is -2.44. The van der Waals surface area contributed by atoms with E-state index in [0.29, 0.717) is 18.0 Å². The van der Waals surface area contributed by atoms with E-state index in [-0.39, 0.29) is 12.1 Å². The summed E-state index contributed by atoms with van der Waals surface area (Å²) >= 11 is 3.28. The molecular formula is C18H22BrN3O3S. The Balaban J connectivity index is 1.81. The quantitative estimate of drug-likeness (QED) is 0.729. The van der Waals surface area contributed by atoms with Gasteiger partial charge in [0.05, 0.1) is 15.9 Å². The Morgan fingerprint density at radius 2 is 1.77 bits per heavy atom. The van der Waals surface area contributed by atoms with Gasteiger partial charge in [0.15, 0.2) is 0 Å². The van der Waals surface area contributed by atoms with Crippen LogP contribution in [0.3, 0.4) is 0 Å². The first-order valence-corrected chi connectivity index (χ1v) is 10.7. The minimum Gasteiger partial charge on any atom is -0.459 e. The first-order valence-electron chi connectivity index (χ1n) is 8.49. The third-order valence-corrected chi connectivity index (χ3v) is 6.99. The molecule has 26 heavy (non-hydrogen) atoms. The molecule has 1 saturated heterocycles. The van der Waals surface area contributed by atoms with Crippen molar-refractivity contribution >= 4 is 26.0 Å². The zero-order valence-corrected chi connectivity index (χ0v) is 17.5. The highest BCUT2D eigenvalue weighted by Crippen LogP contribution is 2.28. The van der Waals surface area contributed by atoms with Crippen molar-refractivity contribution in [1.82, 2.24) is 14.3 Å². The molecule has 0 saturated carbocycles. The van der Waals surface area contributed by atoms with E-state index in [2.05, 4.69) is 25.9 Å². The Kier molecular flexibility index (Phi) is 5.64. The van der Waals surface area contributed by atoms with Crippen molar-refractivity contribution in [2.75, 3.05) is 13.1 Å². The molecule has 1 atom stereocenters. The number of sulfonamides is 1. The number of hydrogen-bond donors (Lipinski definition) is 0. The fourth-order valence-electron chi connectivity index (χ4n) is 3.43. The van der Waals surface area contributed by atoms with Gasteiger partial charge in [0.2, 0.25) is 10.0 Å². The molecule has 140 valence electrons. The lowest BCUT2D eigenvalue weighted by Gasteiger charge is -2.32. The van der Waals surface area contributed by atoms with Crippen LogP contribution in [0.15, 0.2) is 33.9 Å². The maximum absolute atomic E-state index is 13.2. The minimum absolute atomic E-state index is 0.259. The molecule has 8 heteroatoms. The van der Waals surface area contributed by atoms with Crippen molar-refractivity contribution in [2.45, 2.75) is 44.6 Å². The zero-order chi connectivity index (χ0) is 18.9. The van der Waals surface area contributed by atoms with E-state index in [1.165, 1.54) is 4.31 Å². The van der Waals surface area contributed by atoms with Crippen LogP contribution in [-0.4, -0.2) is 41.9 Å². The number of nitrogens with zero attached hydrogens (tertiary/aromatic N) is 3. The van der Waals surface area contributed by atoms with Gasteiger partial charge in [-0.1, -0.05) is 17.7 Å². The van der Waals surface area contributed by atoms with Gasteiger partial charge >= 0.3 is 6.01 Å². The molecule has 1 aliphatic rings. The van der Waals surface area contributed by atoms with Gasteiger partial charge < -0.3 is 4.74 Å². The van der Waals surface area contributed by atoms with Crippen molar-refractivity contribution in [1.29, 1.82) is 0 Å². The molecule has 1 fully saturated rings. The molecule has 1 aliphatic heterocycles. The molecule has 0 amide bonds. The molecule has 1 aromatic heterocycles. The van der Waals surface area contributed by atoms with Gasteiger partial charge in [-0.3, -0.25) is 0 Å². The Morgan fingerprint density at radius 3 is 2.38 bits per heavy atom. The first kappa shape index (κ1) is 19.3. The fraction of sp³-hybridized carbons (Fsp3) is 0.444. The van der Waals surface area contributed by atoms with Crippen LogP contribution in [0.4, 0.5) is 0 Å². The summed E-state index contributed by atoms with van der Waals surface area (Å²) in [5.74, 6) is 0. The van der Waals surface area contributed by atoms with Crippen molar-refractivity contribution < 1.29 is 13.2 Å². The second-order valence-corrected chi connectivity index (χ2v) is 9.45. The van der Waals surface area contributed by atoms with Crippen molar-refractivity contribution in [3.05, 3.63) is 45.7 Å². The smallest absolute Gasteiger partial charge is 0.316 e. The number of aryl methyl sites for hydroxylation is 3. The Labute approximate surface area is 162 Å². The summed E-state index contributed by atoms with van der Waals surface area (Å²) in [4.78, 5) is 8.62. The van der Waals surface area contributed by atoms with Gasteiger partial charge in [0, 0.05) is 18.9 Å². The van der Waals surface area contributed by atoms with E-state index in [0.717, 1.165) is 34.0 Å². The Bertz CT molecular complexity index is 877. The van der Waals surface area contributed by atoms with E-state index >= 15 is 0 Å². The van der Waals surface area contributed by atoms with Crippen molar-refractivity contribution in [3.63, 3.8) is 0 Å². The number of benzene rings is 1. The molecule has 6 nitrogen and oxygen atoms in total. The number of ether oxygens (including phenoxy) is 1. The highest BCUT2D eigenvalue weighted by atomic mass is 79.9. The third-order valence-electron chi connectivity index (χ3n) is 4.41. The van der Waals surface area contributed by atoms with Crippen LogP contribution in [0.5, 0.6) is 6.01 Å². The SMILES string of the molecule is Cc1cc(C)c(S(=O)(=O)N2CCCC(Oc3ncc(Br)cn3)C2)c(C)c1. The van der Waals surface area contributed by atoms with Crippen molar-refractivity contribution in [3.8, 4) is 6.01 Å². The molecule has 0 N–H and O–H groups in total. The van der Waals surface area contributed by atoms with Gasteiger partial charge in [-0.25, -0.2) is 18.4 Å². The molecule has 1 unspecified atom stereocenters. The molecule has 1 aromatic carbocycles. The van der Waals surface area contributed by atoms with Gasteiger partial charge in [0.1, 0.15) is 6.10 Å². The van der Waals surface area contributed by atoms with E-state index in [1.807, 2.05) is 32.9 Å². The largest absolute Gasteiger partial charge is 0.459 e. The predicted octanol–water partition coefficient (Wildman–Crippen LogP) is 3.40. The zero-order valence-electron chi connectivity index (χ0n) is 15.1. The predicted molar refractivity (Wildman–Crippen MR) is 103 cm³/mol. The van der Waals surface area contributed by atoms with Crippen LogP contribution in [0.25, 0.3) is 0 Å². The van der Waals surface area contributed by atoms with Crippen LogP contribution in [0.2, 0.25) is 0 Å². The minimum atomic E-state index is -3.57. The van der Waals surface area contributed by atoms with Crippen LogP contribution >= 0.6 is 15.9 Å².